The van der Waals surface area contributed by atoms with Gasteiger partial charge in [-0.15, -0.1) is 0 Å². The zero-order chi connectivity index (χ0) is 10.4. The third kappa shape index (κ3) is 1.49. The summed E-state index contributed by atoms with van der Waals surface area (Å²) in [4.78, 5) is 13.9. The SMILES string of the molecule is CN1C(=O)N(C(C)(C)C)[C@H](O)[C@H]1O. The number of hydrogen-bond acceptors (Lipinski definition) is 3. The molecule has 1 aliphatic rings. The second kappa shape index (κ2) is 2.85. The Morgan fingerprint density at radius 2 is 1.69 bits per heavy atom. The number of aliphatic hydroxyl groups is 2. The molecule has 2 amide bonds. The highest BCUT2D eigenvalue weighted by Crippen LogP contribution is 2.26. The van der Waals surface area contributed by atoms with Crippen molar-refractivity contribution in [1.82, 2.24) is 9.80 Å². The zero-order valence-corrected chi connectivity index (χ0v) is 8.35. The van der Waals surface area contributed by atoms with Gasteiger partial charge in [0.2, 0.25) is 0 Å². The molecular formula is C8H16N2O3. The zero-order valence-electron chi connectivity index (χ0n) is 8.35. The number of likely N-dealkylation sites (N-methyl/N-ethyl adjacent to an activating group) is 1. The Bertz CT molecular complexity index is 224. The second-order valence-corrected chi connectivity index (χ2v) is 4.26. The smallest absolute Gasteiger partial charge is 0.324 e. The molecule has 0 bridgehead atoms. The van der Waals surface area contributed by atoms with Crippen molar-refractivity contribution in [3.05, 3.63) is 0 Å². The Morgan fingerprint density at radius 1 is 1.23 bits per heavy atom. The predicted molar refractivity (Wildman–Crippen MR) is 46.8 cm³/mol. The van der Waals surface area contributed by atoms with E-state index in [0.29, 0.717) is 0 Å². The van der Waals surface area contributed by atoms with Crippen molar-refractivity contribution >= 4 is 6.03 Å². The van der Waals surface area contributed by atoms with Crippen molar-refractivity contribution < 1.29 is 15.0 Å². The number of hydrogen-bond donors (Lipinski definition) is 2. The fraction of sp³-hybridized carbons (Fsp3) is 0.875. The van der Waals surface area contributed by atoms with Crippen LogP contribution in [-0.4, -0.2) is 51.1 Å². The maximum atomic E-state index is 11.5. The Morgan fingerprint density at radius 3 is 1.85 bits per heavy atom. The van der Waals surface area contributed by atoms with Gasteiger partial charge in [-0.05, 0) is 20.8 Å². The number of carbonyl (C=O) groups excluding carboxylic acids is 1. The first kappa shape index (κ1) is 10.3. The largest absolute Gasteiger partial charge is 0.369 e. The molecule has 0 unspecified atom stereocenters. The van der Waals surface area contributed by atoms with Crippen molar-refractivity contribution in [3.63, 3.8) is 0 Å². The average Bonchev–Trinajstić information content (AvgIpc) is 2.14. The first-order valence-electron chi connectivity index (χ1n) is 4.19. The highest BCUT2D eigenvalue weighted by atomic mass is 16.4. The third-order valence-electron chi connectivity index (χ3n) is 2.16. The monoisotopic (exact) mass is 188 g/mol. The molecule has 5 nitrogen and oxygen atoms in total. The standard InChI is InChI=1S/C8H16N2O3/c1-8(2,3)10-6(12)5(11)9(4)7(10)13/h5-6,11-12H,1-4H3/t5-,6-/m1/s1. The molecule has 13 heavy (non-hydrogen) atoms. The molecule has 5 heteroatoms. The lowest BCUT2D eigenvalue weighted by Gasteiger charge is -2.33. The topological polar surface area (TPSA) is 64.0 Å². The Balaban J connectivity index is 2.95. The summed E-state index contributed by atoms with van der Waals surface area (Å²) in [5, 5.41) is 18.9. The van der Waals surface area contributed by atoms with E-state index in [1.54, 1.807) is 20.8 Å². The molecule has 0 radical (unpaired) electrons. The van der Waals surface area contributed by atoms with Crippen LogP contribution in [0.5, 0.6) is 0 Å². The maximum Gasteiger partial charge on any atom is 0.324 e. The summed E-state index contributed by atoms with van der Waals surface area (Å²) in [6, 6.07) is -0.354. The Kier molecular flexibility index (Phi) is 2.25. The highest BCUT2D eigenvalue weighted by molar-refractivity contribution is 5.77. The summed E-state index contributed by atoms with van der Waals surface area (Å²) < 4.78 is 0. The Hall–Kier alpha value is -0.810. The highest BCUT2D eigenvalue weighted by Gasteiger charge is 2.46. The number of aliphatic hydroxyl groups excluding tert-OH is 2. The van der Waals surface area contributed by atoms with Gasteiger partial charge in [0.05, 0.1) is 0 Å². The van der Waals surface area contributed by atoms with Gasteiger partial charge in [0.1, 0.15) is 0 Å². The Labute approximate surface area is 77.6 Å². The molecule has 0 aromatic heterocycles. The van der Waals surface area contributed by atoms with Crippen LogP contribution in [0.3, 0.4) is 0 Å². The lowest BCUT2D eigenvalue weighted by Crippen LogP contribution is -2.48. The van der Waals surface area contributed by atoms with Crippen LogP contribution < -0.4 is 0 Å². The van der Waals surface area contributed by atoms with Crippen LogP contribution in [0.15, 0.2) is 0 Å². The van der Waals surface area contributed by atoms with Crippen LogP contribution >= 0.6 is 0 Å². The van der Waals surface area contributed by atoms with Crippen LogP contribution in [0.25, 0.3) is 0 Å². The van der Waals surface area contributed by atoms with Crippen molar-refractivity contribution in [3.8, 4) is 0 Å². The summed E-state index contributed by atoms with van der Waals surface area (Å²) in [6.45, 7) is 5.42. The van der Waals surface area contributed by atoms with Crippen LogP contribution in [0, 0.1) is 0 Å². The average molecular weight is 188 g/mol. The van der Waals surface area contributed by atoms with Crippen molar-refractivity contribution in [1.29, 1.82) is 0 Å². The first-order valence-corrected chi connectivity index (χ1v) is 4.19. The summed E-state index contributed by atoms with van der Waals surface area (Å²) in [5.41, 5.74) is -0.484. The third-order valence-corrected chi connectivity index (χ3v) is 2.16. The molecule has 2 N–H and O–H groups in total. The molecule has 0 spiro atoms. The molecule has 0 aliphatic carbocycles. The first-order chi connectivity index (χ1) is 5.76. The second-order valence-electron chi connectivity index (χ2n) is 4.26. The van der Waals surface area contributed by atoms with Gasteiger partial charge in [-0.3, -0.25) is 9.80 Å². The van der Waals surface area contributed by atoms with E-state index in [-0.39, 0.29) is 6.03 Å². The van der Waals surface area contributed by atoms with Crippen LogP contribution in [0.4, 0.5) is 4.79 Å². The molecule has 0 aromatic rings. The minimum atomic E-state index is -1.14. The van der Waals surface area contributed by atoms with Crippen molar-refractivity contribution in [2.75, 3.05) is 7.05 Å². The molecule has 1 aliphatic heterocycles. The summed E-state index contributed by atoms with van der Waals surface area (Å²) in [6.07, 6.45) is -2.27. The maximum absolute atomic E-state index is 11.5. The van der Waals surface area contributed by atoms with E-state index in [9.17, 15) is 15.0 Å². The van der Waals surface area contributed by atoms with Gasteiger partial charge in [-0.1, -0.05) is 0 Å². The molecule has 0 saturated carbocycles. The van der Waals surface area contributed by atoms with E-state index >= 15 is 0 Å². The molecule has 1 saturated heterocycles. The summed E-state index contributed by atoms with van der Waals surface area (Å²) >= 11 is 0. The van der Waals surface area contributed by atoms with Gasteiger partial charge in [-0.25, -0.2) is 4.79 Å². The van der Waals surface area contributed by atoms with Crippen molar-refractivity contribution in [2.24, 2.45) is 0 Å². The van der Waals surface area contributed by atoms with E-state index < -0.39 is 18.0 Å². The molecule has 1 fully saturated rings. The molecule has 1 heterocycles. The lowest BCUT2D eigenvalue weighted by molar-refractivity contribution is -0.0804. The van der Waals surface area contributed by atoms with E-state index in [4.69, 9.17) is 0 Å². The van der Waals surface area contributed by atoms with E-state index in [0.717, 1.165) is 4.90 Å². The van der Waals surface area contributed by atoms with Gasteiger partial charge < -0.3 is 10.2 Å². The van der Waals surface area contributed by atoms with Gasteiger partial charge in [0.25, 0.3) is 0 Å². The van der Waals surface area contributed by atoms with E-state index in [1.165, 1.54) is 11.9 Å². The van der Waals surface area contributed by atoms with E-state index in [1.807, 2.05) is 0 Å². The number of amides is 2. The molecule has 0 aromatic carbocycles. The quantitative estimate of drug-likeness (QED) is 0.553. The van der Waals surface area contributed by atoms with Gasteiger partial charge in [-0.2, -0.15) is 0 Å². The van der Waals surface area contributed by atoms with E-state index in [2.05, 4.69) is 0 Å². The van der Waals surface area contributed by atoms with Crippen molar-refractivity contribution in [2.45, 2.75) is 38.8 Å². The number of nitrogens with zero attached hydrogens (tertiary/aromatic N) is 2. The molecular weight excluding hydrogens is 172 g/mol. The normalized spacial score (nSPS) is 30.2. The number of carbonyl (C=O) groups is 1. The minimum Gasteiger partial charge on any atom is -0.369 e. The molecule has 1 rings (SSSR count). The number of urea groups is 1. The van der Waals surface area contributed by atoms with Crippen LogP contribution in [0.1, 0.15) is 20.8 Å². The minimum absolute atomic E-state index is 0.354. The van der Waals surface area contributed by atoms with Crippen LogP contribution in [-0.2, 0) is 0 Å². The molecule has 2 atom stereocenters. The summed E-state index contributed by atoms with van der Waals surface area (Å²) in [7, 11) is 1.46. The van der Waals surface area contributed by atoms with Gasteiger partial charge >= 0.3 is 6.03 Å². The fourth-order valence-corrected chi connectivity index (χ4v) is 1.41. The van der Waals surface area contributed by atoms with Gasteiger partial charge in [0, 0.05) is 12.6 Å². The molecule has 76 valence electrons. The lowest BCUT2D eigenvalue weighted by atomic mass is 10.1. The van der Waals surface area contributed by atoms with Crippen LogP contribution in [0.2, 0.25) is 0 Å². The number of rotatable bonds is 0. The fourth-order valence-electron chi connectivity index (χ4n) is 1.41. The predicted octanol–water partition coefficient (Wildman–Crippen LogP) is -0.211. The van der Waals surface area contributed by atoms with Gasteiger partial charge in [0.15, 0.2) is 12.5 Å². The summed E-state index contributed by atoms with van der Waals surface area (Å²) in [5.74, 6) is 0.